The number of fused-ring (bicyclic) bond motifs is 1. The van der Waals surface area contributed by atoms with Gasteiger partial charge in [0, 0.05) is 59.9 Å². The van der Waals surface area contributed by atoms with Crippen molar-refractivity contribution in [2.45, 2.75) is 51.2 Å². The average Bonchev–Trinajstić information content (AvgIpc) is 3.78. The number of hydrogen-bond acceptors (Lipinski definition) is 5. The van der Waals surface area contributed by atoms with Crippen LogP contribution in [0.15, 0.2) is 122 Å². The fraction of sp³-hybridized carbons (Fsp3) is 0.231. The second-order valence-corrected chi connectivity index (χ2v) is 13.0. The highest BCUT2D eigenvalue weighted by Gasteiger charge is 2.35. The summed E-state index contributed by atoms with van der Waals surface area (Å²) in [5, 5.41) is 7.98. The topological polar surface area (TPSA) is 119 Å². The minimum absolute atomic E-state index is 0.0841. The van der Waals surface area contributed by atoms with Gasteiger partial charge in [0.1, 0.15) is 11.7 Å². The number of pyridine rings is 1. The second kappa shape index (κ2) is 14.5. The van der Waals surface area contributed by atoms with Crippen LogP contribution in [0.25, 0.3) is 10.9 Å². The van der Waals surface area contributed by atoms with E-state index in [1.807, 2.05) is 72.9 Å². The van der Waals surface area contributed by atoms with Gasteiger partial charge in [-0.05, 0) is 52.8 Å². The summed E-state index contributed by atoms with van der Waals surface area (Å²) in [5.41, 5.74) is 5.77. The van der Waals surface area contributed by atoms with Crippen molar-refractivity contribution >= 4 is 28.4 Å². The first-order valence-electron chi connectivity index (χ1n) is 16.2. The van der Waals surface area contributed by atoms with Crippen LogP contribution in [0.4, 0.5) is 5.69 Å². The Morgan fingerprint density at radius 1 is 0.854 bits per heavy atom. The number of aromatic amines is 2. The van der Waals surface area contributed by atoms with Gasteiger partial charge in [0.2, 0.25) is 5.91 Å². The van der Waals surface area contributed by atoms with Gasteiger partial charge in [-0.3, -0.25) is 19.5 Å². The molecule has 0 bridgehead atoms. The Kier molecular flexibility index (Phi) is 9.78. The van der Waals surface area contributed by atoms with Crippen LogP contribution in [-0.2, 0) is 23.2 Å². The number of H-pyrrole nitrogens is 2. The minimum atomic E-state index is -1.02. The lowest BCUT2D eigenvalue weighted by molar-refractivity contribution is -0.123. The van der Waals surface area contributed by atoms with Gasteiger partial charge < -0.3 is 20.6 Å². The van der Waals surface area contributed by atoms with Gasteiger partial charge in [0.05, 0.1) is 12.5 Å². The highest BCUT2D eigenvalue weighted by Crippen LogP contribution is 2.32. The molecule has 1 unspecified atom stereocenters. The quantitative estimate of drug-likeness (QED) is 0.122. The third kappa shape index (κ3) is 7.53. The van der Waals surface area contributed by atoms with Crippen LogP contribution < -0.4 is 15.5 Å². The number of aromatic nitrogens is 4. The molecule has 9 heteroatoms. The summed E-state index contributed by atoms with van der Waals surface area (Å²) in [7, 11) is 0. The molecule has 0 aliphatic heterocycles. The molecule has 4 N–H and O–H groups in total. The van der Waals surface area contributed by atoms with Crippen molar-refractivity contribution in [1.29, 1.82) is 0 Å². The van der Waals surface area contributed by atoms with Crippen molar-refractivity contribution in [3.8, 4) is 0 Å². The van der Waals surface area contributed by atoms with Crippen LogP contribution in [0.1, 0.15) is 59.6 Å². The standard InChI is InChI=1S/C39H41N7O2/c1-39(2,3)30-15-17-32(18-16-30)46(38(48)35-25-42-26-44-35)36(28-12-9-19-40-22-28)37(47)45-31(24-41-21-27-10-5-4-6-11-27)20-29-23-43-34-14-8-7-13-33(29)34/h4-19,22-23,25-26,31,36,41,43H,20-21,24H2,1-3H3,(H,42,44)(H,45,47)/t31-,36?/m0/s1. The van der Waals surface area contributed by atoms with Crippen molar-refractivity contribution < 1.29 is 9.59 Å². The molecule has 0 saturated heterocycles. The van der Waals surface area contributed by atoms with Gasteiger partial charge in [0.15, 0.2) is 0 Å². The molecule has 48 heavy (non-hydrogen) atoms. The van der Waals surface area contributed by atoms with E-state index in [1.165, 1.54) is 17.4 Å². The Morgan fingerprint density at radius 2 is 1.62 bits per heavy atom. The fourth-order valence-electron chi connectivity index (χ4n) is 5.97. The zero-order valence-corrected chi connectivity index (χ0v) is 27.5. The molecule has 3 aromatic carbocycles. The summed E-state index contributed by atoms with van der Waals surface area (Å²) in [4.78, 5) is 45.2. The molecule has 2 atom stereocenters. The van der Waals surface area contributed by atoms with Crippen LogP contribution in [-0.4, -0.2) is 44.3 Å². The third-order valence-electron chi connectivity index (χ3n) is 8.52. The molecule has 0 aliphatic rings. The number of rotatable bonds is 12. The smallest absolute Gasteiger partial charge is 0.277 e. The summed E-state index contributed by atoms with van der Waals surface area (Å²) < 4.78 is 0. The maximum absolute atomic E-state index is 14.7. The van der Waals surface area contributed by atoms with E-state index < -0.39 is 6.04 Å². The Bertz CT molecular complexity index is 1930. The maximum atomic E-state index is 14.7. The van der Waals surface area contributed by atoms with Crippen LogP contribution in [0.5, 0.6) is 0 Å². The Balaban J connectivity index is 1.36. The lowest BCUT2D eigenvalue weighted by Crippen LogP contribution is -2.50. The third-order valence-corrected chi connectivity index (χ3v) is 8.52. The molecule has 244 valence electrons. The van der Waals surface area contributed by atoms with E-state index in [4.69, 9.17) is 0 Å². The van der Waals surface area contributed by atoms with Gasteiger partial charge in [-0.1, -0.05) is 87.5 Å². The molecule has 6 rings (SSSR count). The Hall–Kier alpha value is -5.54. The Morgan fingerprint density at radius 3 is 2.33 bits per heavy atom. The number of benzene rings is 3. The van der Waals surface area contributed by atoms with Gasteiger partial charge in [0.25, 0.3) is 5.91 Å². The van der Waals surface area contributed by atoms with Gasteiger partial charge in [-0.25, -0.2) is 4.98 Å². The lowest BCUT2D eigenvalue weighted by Gasteiger charge is -2.33. The molecule has 9 nitrogen and oxygen atoms in total. The number of imidazole rings is 1. The summed E-state index contributed by atoms with van der Waals surface area (Å²) in [5.74, 6) is -0.697. The first-order valence-corrected chi connectivity index (χ1v) is 16.2. The average molecular weight is 640 g/mol. The molecule has 0 spiro atoms. The number of carbonyl (C=O) groups is 2. The molecule has 6 aromatic rings. The number of para-hydroxylation sites is 1. The predicted octanol–water partition coefficient (Wildman–Crippen LogP) is 6.49. The van der Waals surface area contributed by atoms with Crippen molar-refractivity contribution in [3.63, 3.8) is 0 Å². The van der Waals surface area contributed by atoms with E-state index in [-0.39, 0.29) is 29.0 Å². The van der Waals surface area contributed by atoms with Gasteiger partial charge in [-0.2, -0.15) is 0 Å². The van der Waals surface area contributed by atoms with Crippen molar-refractivity contribution in [3.05, 3.63) is 150 Å². The molecular weight excluding hydrogens is 598 g/mol. The van der Waals surface area contributed by atoms with Crippen LogP contribution in [0, 0.1) is 0 Å². The van der Waals surface area contributed by atoms with E-state index in [0.717, 1.165) is 27.6 Å². The zero-order chi connectivity index (χ0) is 33.5. The number of carbonyl (C=O) groups excluding carboxylic acids is 2. The van der Waals surface area contributed by atoms with E-state index in [0.29, 0.717) is 30.8 Å². The SMILES string of the molecule is CC(C)(C)c1ccc(N(C(=O)c2cnc[nH]2)C(C(=O)N[C@H](CNCc2ccccc2)Cc2c[nH]c3ccccc23)c2cccnc2)cc1. The summed E-state index contributed by atoms with van der Waals surface area (Å²) in [6.45, 7) is 7.58. The molecule has 3 heterocycles. The van der Waals surface area contributed by atoms with Gasteiger partial charge >= 0.3 is 0 Å². The molecule has 0 saturated carbocycles. The molecule has 3 aromatic heterocycles. The molecule has 0 radical (unpaired) electrons. The normalized spacial score (nSPS) is 12.8. The molecule has 0 fully saturated rings. The second-order valence-electron chi connectivity index (χ2n) is 13.0. The number of amides is 2. The van der Waals surface area contributed by atoms with Gasteiger partial charge in [-0.15, -0.1) is 0 Å². The monoisotopic (exact) mass is 639 g/mol. The number of nitrogens with zero attached hydrogens (tertiary/aromatic N) is 3. The first kappa shape index (κ1) is 32.4. The van der Waals surface area contributed by atoms with Crippen molar-refractivity contribution in [1.82, 2.24) is 30.6 Å². The van der Waals surface area contributed by atoms with E-state index in [9.17, 15) is 9.59 Å². The number of anilines is 1. The van der Waals surface area contributed by atoms with Crippen LogP contribution in [0.3, 0.4) is 0 Å². The predicted molar refractivity (Wildman–Crippen MR) is 190 cm³/mol. The van der Waals surface area contributed by atoms with Crippen LogP contribution >= 0.6 is 0 Å². The van der Waals surface area contributed by atoms with Crippen molar-refractivity contribution in [2.75, 3.05) is 11.4 Å². The highest BCUT2D eigenvalue weighted by atomic mass is 16.2. The maximum Gasteiger partial charge on any atom is 0.277 e. The van der Waals surface area contributed by atoms with Crippen LogP contribution in [0.2, 0.25) is 0 Å². The number of nitrogens with one attached hydrogen (secondary N) is 4. The van der Waals surface area contributed by atoms with Crippen molar-refractivity contribution in [2.24, 2.45) is 0 Å². The fourth-order valence-corrected chi connectivity index (χ4v) is 5.97. The Labute approximate surface area is 280 Å². The molecule has 0 aliphatic carbocycles. The van der Waals surface area contributed by atoms with E-state index >= 15 is 0 Å². The minimum Gasteiger partial charge on any atom is -0.361 e. The molecule has 2 amide bonds. The first-order chi connectivity index (χ1) is 23.3. The molecular formula is C39H41N7O2. The summed E-state index contributed by atoms with van der Waals surface area (Å²) >= 11 is 0. The number of hydrogen-bond donors (Lipinski definition) is 4. The largest absolute Gasteiger partial charge is 0.361 e. The zero-order valence-electron chi connectivity index (χ0n) is 27.5. The summed E-state index contributed by atoms with van der Waals surface area (Å²) in [6, 6.07) is 28.4. The highest BCUT2D eigenvalue weighted by molar-refractivity contribution is 6.09. The lowest BCUT2D eigenvalue weighted by atomic mass is 9.87. The summed E-state index contributed by atoms with van der Waals surface area (Å²) in [6.07, 6.45) is 8.82. The van der Waals surface area contributed by atoms with E-state index in [1.54, 1.807) is 18.5 Å². The van der Waals surface area contributed by atoms with E-state index in [2.05, 4.69) is 69.5 Å².